The van der Waals surface area contributed by atoms with Crippen molar-refractivity contribution in [3.63, 3.8) is 0 Å². The molecule has 1 saturated heterocycles. The monoisotopic (exact) mass is 222 g/mol. The van der Waals surface area contributed by atoms with E-state index >= 15 is 0 Å². The van der Waals surface area contributed by atoms with Gasteiger partial charge in [-0.2, -0.15) is 0 Å². The molecule has 0 aromatic heterocycles. The van der Waals surface area contributed by atoms with Gasteiger partial charge in [-0.3, -0.25) is 0 Å². The number of fused-ring (bicyclic) bond motifs is 1. The molecule has 2 unspecified atom stereocenters. The molecular weight excluding hydrogens is 208 g/mol. The van der Waals surface area contributed by atoms with Gasteiger partial charge in [0.2, 0.25) is 0 Å². The number of rotatable bonds is 1. The minimum Gasteiger partial charge on any atom is -0.365 e. The highest BCUT2D eigenvalue weighted by Gasteiger charge is 2.80. The van der Waals surface area contributed by atoms with Gasteiger partial charge in [-0.15, -0.1) is 11.6 Å². The maximum Gasteiger partial charge on any atom is 0.127 e. The van der Waals surface area contributed by atoms with Crippen LogP contribution < -0.4 is 0 Å². The van der Waals surface area contributed by atoms with Crippen LogP contribution in [0.15, 0.2) is 24.3 Å². The maximum atomic E-state index is 6.41. The topological polar surface area (TPSA) is 12.5 Å². The molecule has 0 spiro atoms. The number of alkyl halides is 1. The van der Waals surface area contributed by atoms with Crippen molar-refractivity contribution in [2.75, 3.05) is 0 Å². The van der Waals surface area contributed by atoms with Crippen LogP contribution in [0.5, 0.6) is 0 Å². The molecule has 1 heterocycles. The number of hydrogen-bond donors (Lipinski definition) is 0. The van der Waals surface area contributed by atoms with Crippen molar-refractivity contribution in [1.29, 1.82) is 0 Å². The van der Waals surface area contributed by atoms with Gasteiger partial charge in [-0.05, 0) is 16.5 Å². The largest absolute Gasteiger partial charge is 0.365 e. The fourth-order valence-corrected chi connectivity index (χ4v) is 2.49. The molecule has 2 atom stereocenters. The summed E-state index contributed by atoms with van der Waals surface area (Å²) in [7, 11) is 0. The van der Waals surface area contributed by atoms with E-state index in [0.29, 0.717) is 12.2 Å². The Kier molecular flexibility index (Phi) is 1.67. The van der Waals surface area contributed by atoms with Crippen molar-refractivity contribution in [3.8, 4) is 0 Å². The predicted octanol–water partition coefficient (Wildman–Crippen LogP) is 3.20. The number of epoxide rings is 1. The third-order valence-corrected chi connectivity index (χ3v) is 4.05. The van der Waals surface area contributed by atoms with Crippen LogP contribution >= 0.6 is 11.6 Å². The van der Waals surface area contributed by atoms with Crippen molar-refractivity contribution in [1.82, 2.24) is 0 Å². The van der Waals surface area contributed by atoms with Crippen LogP contribution in [0, 0.1) is 0 Å². The van der Waals surface area contributed by atoms with E-state index in [1.165, 1.54) is 11.1 Å². The molecule has 2 aliphatic rings. The fourth-order valence-electron chi connectivity index (χ4n) is 2.09. The molecule has 3 rings (SSSR count). The molecule has 1 saturated carbocycles. The second-order valence-electron chi connectivity index (χ2n) is 5.57. The standard InChI is InChI=1S/C13H15ClO/c1-12(2,3)8-4-6-9(7-5-8)13(14)10-11(13)15-10/h4-7,10-11H,1-3H3. The second kappa shape index (κ2) is 2.58. The third kappa shape index (κ3) is 1.26. The lowest BCUT2D eigenvalue weighted by molar-refractivity contribution is 0.244. The van der Waals surface area contributed by atoms with Gasteiger partial charge in [0.05, 0.1) is 0 Å². The molecule has 2 heteroatoms. The summed E-state index contributed by atoms with van der Waals surface area (Å²) in [5, 5.41) is 0. The van der Waals surface area contributed by atoms with E-state index in [4.69, 9.17) is 16.3 Å². The first kappa shape index (κ1) is 9.68. The predicted molar refractivity (Wildman–Crippen MR) is 61.3 cm³/mol. The highest BCUT2D eigenvalue weighted by molar-refractivity contribution is 6.28. The van der Waals surface area contributed by atoms with Gasteiger partial charge in [0.1, 0.15) is 17.1 Å². The molecular formula is C13H15ClO. The van der Waals surface area contributed by atoms with E-state index in [0.717, 1.165) is 0 Å². The Bertz CT molecular complexity index is 394. The van der Waals surface area contributed by atoms with E-state index in [9.17, 15) is 0 Å². The number of hydrogen-bond acceptors (Lipinski definition) is 1. The van der Waals surface area contributed by atoms with Crippen LogP contribution in [0.2, 0.25) is 0 Å². The average Bonchev–Trinajstić information content (AvgIpc) is 3.04. The smallest absolute Gasteiger partial charge is 0.127 e. The van der Waals surface area contributed by atoms with Gasteiger partial charge >= 0.3 is 0 Å². The molecule has 1 aliphatic heterocycles. The Balaban J connectivity index is 1.89. The van der Waals surface area contributed by atoms with Crippen molar-refractivity contribution in [2.24, 2.45) is 0 Å². The first-order valence-corrected chi connectivity index (χ1v) is 5.77. The molecule has 1 nitrogen and oxygen atoms in total. The Morgan fingerprint density at radius 2 is 1.67 bits per heavy atom. The highest BCUT2D eigenvalue weighted by Crippen LogP contribution is 2.68. The van der Waals surface area contributed by atoms with Crippen LogP contribution in [0.25, 0.3) is 0 Å². The quantitative estimate of drug-likeness (QED) is 0.525. The molecule has 15 heavy (non-hydrogen) atoms. The van der Waals surface area contributed by atoms with E-state index in [2.05, 4.69) is 45.0 Å². The lowest BCUT2D eigenvalue weighted by atomic mass is 9.86. The second-order valence-corrected chi connectivity index (χ2v) is 6.20. The lowest BCUT2D eigenvalue weighted by Gasteiger charge is -2.20. The van der Waals surface area contributed by atoms with Gasteiger partial charge in [-0.25, -0.2) is 0 Å². The van der Waals surface area contributed by atoms with Crippen molar-refractivity contribution in [2.45, 2.75) is 43.3 Å². The van der Waals surface area contributed by atoms with Crippen LogP contribution in [0.1, 0.15) is 31.9 Å². The van der Waals surface area contributed by atoms with Gasteiger partial charge in [0.15, 0.2) is 0 Å². The molecule has 1 aromatic carbocycles. The van der Waals surface area contributed by atoms with E-state index in [1.807, 2.05) is 0 Å². The van der Waals surface area contributed by atoms with Crippen molar-refractivity contribution >= 4 is 11.6 Å². The minimum absolute atomic E-state index is 0.184. The van der Waals surface area contributed by atoms with Crippen LogP contribution in [0.3, 0.4) is 0 Å². The minimum atomic E-state index is -0.184. The van der Waals surface area contributed by atoms with E-state index in [-0.39, 0.29) is 10.3 Å². The highest BCUT2D eigenvalue weighted by atomic mass is 35.5. The Hall–Kier alpha value is -0.530. The zero-order valence-corrected chi connectivity index (χ0v) is 10.0. The summed E-state index contributed by atoms with van der Waals surface area (Å²) in [6.45, 7) is 6.66. The Morgan fingerprint density at radius 1 is 1.13 bits per heavy atom. The zero-order valence-electron chi connectivity index (χ0n) is 9.25. The molecule has 0 N–H and O–H groups in total. The van der Waals surface area contributed by atoms with Crippen molar-refractivity contribution < 1.29 is 4.74 Å². The summed E-state index contributed by atoms with van der Waals surface area (Å²) in [5.74, 6) is 0. The number of ether oxygens (including phenoxy) is 1. The first-order chi connectivity index (χ1) is 6.94. The van der Waals surface area contributed by atoms with Crippen LogP contribution in [0.4, 0.5) is 0 Å². The summed E-state index contributed by atoms with van der Waals surface area (Å²) < 4.78 is 5.24. The molecule has 0 amide bonds. The summed E-state index contributed by atoms with van der Waals surface area (Å²) >= 11 is 6.41. The summed E-state index contributed by atoms with van der Waals surface area (Å²) in [4.78, 5) is -0.184. The molecule has 1 aromatic rings. The van der Waals surface area contributed by atoms with Gasteiger partial charge < -0.3 is 4.74 Å². The molecule has 0 radical (unpaired) electrons. The maximum absolute atomic E-state index is 6.41. The summed E-state index contributed by atoms with van der Waals surface area (Å²) in [6.07, 6.45) is 0.583. The van der Waals surface area contributed by atoms with Crippen LogP contribution in [-0.4, -0.2) is 12.2 Å². The average molecular weight is 223 g/mol. The first-order valence-electron chi connectivity index (χ1n) is 5.39. The zero-order chi connectivity index (χ0) is 10.8. The number of benzene rings is 1. The lowest BCUT2D eigenvalue weighted by Crippen LogP contribution is -2.15. The van der Waals surface area contributed by atoms with Gasteiger partial charge in [-0.1, -0.05) is 45.0 Å². The molecule has 2 fully saturated rings. The van der Waals surface area contributed by atoms with E-state index in [1.54, 1.807) is 0 Å². The van der Waals surface area contributed by atoms with Gasteiger partial charge in [0, 0.05) is 0 Å². The summed E-state index contributed by atoms with van der Waals surface area (Å²) in [6, 6.07) is 8.64. The molecule has 1 aliphatic carbocycles. The van der Waals surface area contributed by atoms with Gasteiger partial charge in [0.25, 0.3) is 0 Å². The SMILES string of the molecule is CC(C)(C)c1ccc(C2(Cl)C3OC32)cc1. The third-order valence-electron chi connectivity index (χ3n) is 3.40. The Morgan fingerprint density at radius 3 is 2.00 bits per heavy atom. The summed E-state index contributed by atoms with van der Waals surface area (Å²) in [5.41, 5.74) is 2.77. The normalized spacial score (nSPS) is 37.3. The number of halogens is 1. The molecule has 0 bridgehead atoms. The van der Waals surface area contributed by atoms with Crippen molar-refractivity contribution in [3.05, 3.63) is 35.4 Å². The Labute approximate surface area is 95.4 Å². The van der Waals surface area contributed by atoms with E-state index < -0.39 is 0 Å². The molecule has 80 valence electrons. The fraction of sp³-hybridized carbons (Fsp3) is 0.538. The van der Waals surface area contributed by atoms with Crippen LogP contribution in [-0.2, 0) is 15.0 Å².